The number of benzene rings is 1. The van der Waals surface area contributed by atoms with E-state index in [2.05, 4.69) is 12.0 Å². The van der Waals surface area contributed by atoms with Gasteiger partial charge in [0, 0.05) is 0 Å². The second-order valence-corrected chi connectivity index (χ2v) is 9.33. The highest BCUT2D eigenvalue weighted by Crippen LogP contribution is 2.25. The van der Waals surface area contributed by atoms with Gasteiger partial charge in [0.25, 0.3) is 0 Å². The minimum absolute atomic E-state index is 0.0546. The van der Waals surface area contributed by atoms with Crippen LogP contribution in [0.3, 0.4) is 0 Å². The van der Waals surface area contributed by atoms with Crippen molar-refractivity contribution in [3.05, 3.63) is 54.6 Å². The molecule has 3 N–H and O–H groups in total. The molecule has 0 unspecified atom stereocenters. The Morgan fingerprint density at radius 2 is 1.80 bits per heavy atom. The van der Waals surface area contributed by atoms with Gasteiger partial charge in [0.1, 0.15) is 0 Å². The van der Waals surface area contributed by atoms with Crippen LogP contribution in [0.2, 0.25) is 0 Å². The van der Waals surface area contributed by atoms with Crippen LogP contribution >= 0.6 is 0 Å². The van der Waals surface area contributed by atoms with Crippen molar-refractivity contribution in [2.45, 2.75) is 26.7 Å². The van der Waals surface area contributed by atoms with Crippen molar-refractivity contribution in [2.75, 3.05) is 12.8 Å². The standard InChI is InChI=1S/C21H31N3O5S/c1-5-14-24(30(4,28)29)22-20(25)19(15-16(2)3)18(21(26)23-27)13-9-12-17-10-7-6-8-11-17/h5-12,16,18-19,27H,1,13-15H2,2-4H3,(H,22,25)(H,23,26)/t18-,19-/m0/s1. The molecular weight excluding hydrogens is 406 g/mol. The minimum atomic E-state index is -3.72. The third-order valence-electron chi connectivity index (χ3n) is 4.42. The zero-order chi connectivity index (χ0) is 22.7. The SMILES string of the molecule is C=CCN(NC(=O)[C@@H](CC(C)C)[C@H](CC=Cc1ccccc1)C(=O)NO)S(C)(=O)=O. The summed E-state index contributed by atoms with van der Waals surface area (Å²) in [4.78, 5) is 25.3. The predicted octanol–water partition coefficient (Wildman–Crippen LogP) is 2.35. The molecule has 0 bridgehead atoms. The van der Waals surface area contributed by atoms with Gasteiger partial charge in [-0.2, -0.15) is 0 Å². The molecule has 0 aliphatic rings. The Morgan fingerprint density at radius 3 is 2.30 bits per heavy atom. The monoisotopic (exact) mass is 437 g/mol. The molecule has 8 nitrogen and oxygen atoms in total. The summed E-state index contributed by atoms with van der Waals surface area (Å²) in [5.41, 5.74) is 4.94. The summed E-state index contributed by atoms with van der Waals surface area (Å²) in [6.45, 7) is 7.18. The summed E-state index contributed by atoms with van der Waals surface area (Å²) >= 11 is 0. The molecule has 30 heavy (non-hydrogen) atoms. The number of hydrazine groups is 1. The minimum Gasteiger partial charge on any atom is -0.289 e. The van der Waals surface area contributed by atoms with Crippen molar-refractivity contribution in [1.82, 2.24) is 15.3 Å². The highest BCUT2D eigenvalue weighted by molar-refractivity contribution is 7.88. The van der Waals surface area contributed by atoms with Crippen molar-refractivity contribution >= 4 is 27.9 Å². The fourth-order valence-electron chi connectivity index (χ4n) is 3.00. The molecule has 0 aliphatic heterocycles. The molecule has 0 fully saturated rings. The van der Waals surface area contributed by atoms with E-state index < -0.39 is 33.7 Å². The molecule has 166 valence electrons. The van der Waals surface area contributed by atoms with Gasteiger partial charge >= 0.3 is 0 Å². The predicted molar refractivity (Wildman–Crippen MR) is 116 cm³/mol. The Labute approximate surface area is 178 Å². The zero-order valence-electron chi connectivity index (χ0n) is 17.6. The van der Waals surface area contributed by atoms with Crippen LogP contribution in [0.4, 0.5) is 0 Å². The van der Waals surface area contributed by atoms with E-state index in [0.717, 1.165) is 16.2 Å². The van der Waals surface area contributed by atoms with Gasteiger partial charge in [0.05, 0.1) is 24.6 Å². The molecule has 1 rings (SSSR count). The largest absolute Gasteiger partial charge is 0.289 e. The first-order valence-electron chi connectivity index (χ1n) is 9.64. The highest BCUT2D eigenvalue weighted by atomic mass is 32.2. The van der Waals surface area contributed by atoms with Crippen LogP contribution in [-0.2, 0) is 19.6 Å². The van der Waals surface area contributed by atoms with Gasteiger partial charge in [-0.3, -0.25) is 20.2 Å². The van der Waals surface area contributed by atoms with Crippen LogP contribution in [0.5, 0.6) is 0 Å². The number of allylic oxidation sites excluding steroid dienone is 1. The molecule has 0 saturated heterocycles. The van der Waals surface area contributed by atoms with Gasteiger partial charge in [-0.15, -0.1) is 11.0 Å². The maximum Gasteiger partial charge on any atom is 0.247 e. The van der Waals surface area contributed by atoms with Crippen LogP contribution in [-0.4, -0.2) is 42.7 Å². The van der Waals surface area contributed by atoms with Crippen molar-refractivity contribution in [2.24, 2.45) is 17.8 Å². The summed E-state index contributed by atoms with van der Waals surface area (Å²) in [7, 11) is -3.72. The number of carbonyl (C=O) groups excluding carboxylic acids is 2. The Kier molecular flexibility index (Phi) is 10.4. The lowest BCUT2D eigenvalue weighted by molar-refractivity contribution is -0.141. The zero-order valence-corrected chi connectivity index (χ0v) is 18.4. The van der Waals surface area contributed by atoms with Gasteiger partial charge in [-0.25, -0.2) is 13.9 Å². The van der Waals surface area contributed by atoms with E-state index in [1.807, 2.05) is 50.3 Å². The summed E-state index contributed by atoms with van der Waals surface area (Å²) in [5, 5.41) is 9.21. The maximum absolute atomic E-state index is 13.0. The van der Waals surface area contributed by atoms with Gasteiger partial charge in [-0.1, -0.05) is 62.4 Å². The van der Waals surface area contributed by atoms with E-state index in [1.165, 1.54) is 6.08 Å². The lowest BCUT2D eigenvalue weighted by Crippen LogP contribution is -2.50. The van der Waals surface area contributed by atoms with Gasteiger partial charge in [-0.05, 0) is 24.3 Å². The Balaban J connectivity index is 3.13. The van der Waals surface area contributed by atoms with Crippen molar-refractivity contribution in [3.8, 4) is 0 Å². The molecule has 1 aromatic carbocycles. The third kappa shape index (κ3) is 8.48. The number of sulfonamides is 1. The molecule has 0 radical (unpaired) electrons. The van der Waals surface area contributed by atoms with E-state index in [4.69, 9.17) is 0 Å². The maximum atomic E-state index is 13.0. The smallest absolute Gasteiger partial charge is 0.247 e. The normalized spacial score (nSPS) is 13.9. The quantitative estimate of drug-likeness (QED) is 0.264. The molecule has 2 amide bonds. The number of rotatable bonds is 12. The number of hydrogen-bond acceptors (Lipinski definition) is 5. The molecule has 0 aromatic heterocycles. The van der Waals surface area contributed by atoms with E-state index >= 15 is 0 Å². The number of nitrogens with one attached hydrogen (secondary N) is 2. The average molecular weight is 438 g/mol. The molecule has 0 aliphatic carbocycles. The van der Waals surface area contributed by atoms with Crippen LogP contribution in [0.15, 0.2) is 49.1 Å². The Bertz CT molecular complexity index is 837. The molecule has 1 aromatic rings. The number of hydrogen-bond donors (Lipinski definition) is 3. The van der Waals surface area contributed by atoms with Crippen LogP contribution < -0.4 is 10.9 Å². The number of nitrogens with zero attached hydrogens (tertiary/aromatic N) is 1. The van der Waals surface area contributed by atoms with E-state index in [0.29, 0.717) is 6.42 Å². The summed E-state index contributed by atoms with van der Waals surface area (Å²) < 4.78 is 24.6. The van der Waals surface area contributed by atoms with Gasteiger partial charge in [0.15, 0.2) is 0 Å². The topological polar surface area (TPSA) is 116 Å². The third-order valence-corrected chi connectivity index (χ3v) is 5.47. The first-order valence-corrected chi connectivity index (χ1v) is 11.5. The Morgan fingerprint density at radius 1 is 1.17 bits per heavy atom. The first kappa shape index (κ1) is 25.5. The lowest BCUT2D eigenvalue weighted by atomic mass is 9.82. The van der Waals surface area contributed by atoms with Gasteiger partial charge in [0.2, 0.25) is 21.8 Å². The van der Waals surface area contributed by atoms with Crippen molar-refractivity contribution < 1.29 is 23.2 Å². The molecule has 2 atom stereocenters. The van der Waals surface area contributed by atoms with Crippen LogP contribution in [0.1, 0.15) is 32.3 Å². The van der Waals surface area contributed by atoms with E-state index in [9.17, 15) is 23.2 Å². The number of amides is 2. The number of carbonyl (C=O) groups is 2. The fraction of sp³-hybridized carbons (Fsp3) is 0.429. The second kappa shape index (κ2) is 12.3. The molecule has 0 saturated carbocycles. The molecule has 0 heterocycles. The summed E-state index contributed by atoms with van der Waals surface area (Å²) in [6, 6.07) is 9.45. The fourth-order valence-corrected chi connectivity index (χ4v) is 3.63. The molecule has 9 heteroatoms. The van der Waals surface area contributed by atoms with Gasteiger partial charge < -0.3 is 0 Å². The van der Waals surface area contributed by atoms with Crippen LogP contribution in [0, 0.1) is 17.8 Å². The molecular formula is C21H31N3O5S. The average Bonchev–Trinajstić information content (AvgIpc) is 2.68. The van der Waals surface area contributed by atoms with Crippen molar-refractivity contribution in [3.63, 3.8) is 0 Å². The second-order valence-electron chi connectivity index (χ2n) is 7.43. The first-order chi connectivity index (χ1) is 14.1. The Hall–Kier alpha value is -2.49. The summed E-state index contributed by atoms with van der Waals surface area (Å²) in [5.74, 6) is -3.01. The lowest BCUT2D eigenvalue weighted by Gasteiger charge is -2.28. The number of hydroxylamine groups is 1. The molecule has 0 spiro atoms. The summed E-state index contributed by atoms with van der Waals surface area (Å²) in [6.07, 6.45) is 6.41. The van der Waals surface area contributed by atoms with Crippen LogP contribution in [0.25, 0.3) is 6.08 Å². The van der Waals surface area contributed by atoms with E-state index in [-0.39, 0.29) is 18.9 Å². The van der Waals surface area contributed by atoms with Crippen molar-refractivity contribution in [1.29, 1.82) is 0 Å². The van der Waals surface area contributed by atoms with E-state index in [1.54, 1.807) is 11.6 Å². The highest BCUT2D eigenvalue weighted by Gasteiger charge is 2.35.